The molecule has 0 bridgehead atoms. The Bertz CT molecular complexity index is 2140. The molecule has 0 unspecified atom stereocenters. The van der Waals surface area contributed by atoms with Gasteiger partial charge in [0.1, 0.15) is 18.1 Å². The molecule has 18 heteroatoms. The monoisotopic (exact) mass is 1010 g/mol. The molecule has 19 atom stereocenters. The zero-order valence-corrected chi connectivity index (χ0v) is 41.5. The Kier molecular flexibility index (Phi) is 24.4. The maximum Gasteiger partial charge on any atom is 0.313 e. The van der Waals surface area contributed by atoms with Gasteiger partial charge in [0.25, 0.3) is 0 Å². The summed E-state index contributed by atoms with van der Waals surface area (Å²) in [5, 5.41) is 109. The van der Waals surface area contributed by atoms with E-state index < -0.39 is 147 Å². The maximum absolute atomic E-state index is 13.1. The van der Waals surface area contributed by atoms with Gasteiger partial charge >= 0.3 is 11.9 Å². The lowest BCUT2D eigenvalue weighted by atomic mass is 9.82. The number of nitrogens with two attached hydrogens (primary N) is 1. The van der Waals surface area contributed by atoms with E-state index in [2.05, 4.69) is 23.7 Å². The number of methoxy groups -OCH3 is 1. The number of esters is 2. The van der Waals surface area contributed by atoms with Crippen molar-refractivity contribution in [3.05, 3.63) is 96.1 Å². The number of carbonyl (C=O) groups is 2. The molecular formula is C54H75NO17. The van der Waals surface area contributed by atoms with E-state index in [4.69, 9.17) is 29.4 Å². The number of allylic oxidation sites excluding steroid dienone is 2. The van der Waals surface area contributed by atoms with Crippen molar-refractivity contribution < 1.29 is 84.3 Å². The molecule has 18 nitrogen and oxygen atoms in total. The summed E-state index contributed by atoms with van der Waals surface area (Å²) in [4.78, 5) is 25.8. The third-order valence-corrected chi connectivity index (χ3v) is 13.1. The van der Waals surface area contributed by atoms with E-state index in [1.54, 1.807) is 45.1 Å². The van der Waals surface area contributed by atoms with Crippen LogP contribution >= 0.6 is 0 Å². The highest BCUT2D eigenvalue weighted by Gasteiger charge is 2.51. The minimum Gasteiger partial charge on any atom is -0.469 e. The topological polar surface area (TPSA) is 309 Å². The molecule has 0 amide bonds. The number of aliphatic hydroxyl groups excluding tert-OH is 9. The van der Waals surface area contributed by atoms with Crippen LogP contribution in [0.5, 0.6) is 0 Å². The second kappa shape index (κ2) is 29.3. The summed E-state index contributed by atoms with van der Waals surface area (Å²) < 4.78 is 28.3. The van der Waals surface area contributed by atoms with Crippen molar-refractivity contribution in [3.63, 3.8) is 0 Å². The van der Waals surface area contributed by atoms with E-state index >= 15 is 0 Å². The van der Waals surface area contributed by atoms with Crippen LogP contribution in [0.2, 0.25) is 0 Å². The summed E-state index contributed by atoms with van der Waals surface area (Å²) in [5.41, 5.74) is 7.61. The largest absolute Gasteiger partial charge is 0.469 e. The van der Waals surface area contributed by atoms with Crippen LogP contribution in [0, 0.1) is 41.4 Å². The van der Waals surface area contributed by atoms with Gasteiger partial charge in [0, 0.05) is 48.6 Å². The highest BCUT2D eigenvalue weighted by atomic mass is 16.7. The molecule has 72 heavy (non-hydrogen) atoms. The van der Waals surface area contributed by atoms with Gasteiger partial charge in [-0.3, -0.25) is 9.59 Å². The van der Waals surface area contributed by atoms with Crippen LogP contribution in [0.1, 0.15) is 90.2 Å². The van der Waals surface area contributed by atoms with Crippen LogP contribution in [0.4, 0.5) is 0 Å². The first kappa shape index (κ1) is 60.0. The van der Waals surface area contributed by atoms with Crippen LogP contribution in [0.3, 0.4) is 0 Å². The fourth-order valence-corrected chi connectivity index (χ4v) is 8.67. The summed E-state index contributed by atoms with van der Waals surface area (Å²) in [6.45, 7) is 6.73. The van der Waals surface area contributed by atoms with Crippen molar-refractivity contribution in [2.45, 2.75) is 177 Å². The number of hydrogen-bond donors (Lipinski definition) is 11. The molecule has 2 heterocycles. The normalized spacial score (nSPS) is 28.7. The van der Waals surface area contributed by atoms with Gasteiger partial charge in [-0.25, -0.2) is 0 Å². The van der Waals surface area contributed by atoms with Gasteiger partial charge in [-0.05, 0) is 75.6 Å². The van der Waals surface area contributed by atoms with Gasteiger partial charge in [-0.2, -0.15) is 0 Å². The molecule has 2 aliphatic heterocycles. The summed E-state index contributed by atoms with van der Waals surface area (Å²) >= 11 is 0. The standard InChI is InChI=1S/C54H75NO17/c1-32(16-12-13-21-36-17-8-6-9-18-36)49(63)33(2)34(3)69-46(62)28-39(57)26-38(56)24-25-42(59)43(60)27-40(58)30-54(67)31-44(61)47(52(66)68-5)45(72-54)29-41(23-15-14-22-37-19-10-7-11-20-37)71-53-51(65)48(55)50(64)35(4)70-53/h6-12,15-20,23,32-35,38-45,47-51,53,56-61,63-65,67H,24-31,55H2,1-5H3/b16-12+,23-15+/t32-,33-,34-,35+,38+,39+,40-,41-,42+,43+,44-,45-,47+,48-,49+,50+,51-,53-,54+/m0/s1. The van der Waals surface area contributed by atoms with Gasteiger partial charge in [-0.15, -0.1) is 0 Å². The lowest BCUT2D eigenvalue weighted by molar-refractivity contribution is -0.308. The molecule has 4 rings (SSSR count). The molecule has 0 radical (unpaired) electrons. The highest BCUT2D eigenvalue weighted by molar-refractivity contribution is 5.74. The average molecular weight is 1010 g/mol. The first-order chi connectivity index (χ1) is 34.1. The van der Waals surface area contributed by atoms with Crippen molar-refractivity contribution in [2.24, 2.45) is 23.5 Å². The minimum atomic E-state index is -2.29. The zero-order valence-electron chi connectivity index (χ0n) is 41.5. The van der Waals surface area contributed by atoms with E-state index in [-0.39, 0.29) is 31.6 Å². The van der Waals surface area contributed by atoms with Crippen molar-refractivity contribution in [2.75, 3.05) is 7.11 Å². The van der Waals surface area contributed by atoms with Crippen LogP contribution < -0.4 is 5.73 Å². The fourth-order valence-electron chi connectivity index (χ4n) is 8.67. The third kappa shape index (κ3) is 19.0. The Morgan fingerprint density at radius 1 is 0.819 bits per heavy atom. The predicted molar refractivity (Wildman–Crippen MR) is 262 cm³/mol. The van der Waals surface area contributed by atoms with Crippen LogP contribution in [0.25, 0.3) is 0 Å². The first-order valence-corrected chi connectivity index (χ1v) is 24.4. The molecule has 12 N–H and O–H groups in total. The molecule has 2 saturated heterocycles. The van der Waals surface area contributed by atoms with Gasteiger partial charge < -0.3 is 80.5 Å². The van der Waals surface area contributed by atoms with E-state index in [1.807, 2.05) is 55.5 Å². The summed E-state index contributed by atoms with van der Waals surface area (Å²) in [6, 6.07) is 17.4. The Morgan fingerprint density at radius 2 is 1.42 bits per heavy atom. The van der Waals surface area contributed by atoms with Crippen molar-refractivity contribution in [1.82, 2.24) is 0 Å². The zero-order chi connectivity index (χ0) is 53.1. The lowest BCUT2D eigenvalue weighted by Crippen LogP contribution is -2.61. The smallest absolute Gasteiger partial charge is 0.313 e. The van der Waals surface area contributed by atoms with E-state index in [1.165, 1.54) is 12.2 Å². The fraction of sp³-hybridized carbons (Fsp3) is 0.593. The van der Waals surface area contributed by atoms with Crippen LogP contribution in [-0.4, -0.2) is 168 Å². The SMILES string of the molecule is COC(=O)[C@H]1[C@H](C[C@H](/C=C/C#Cc2ccccc2)O[C@@H]2O[C@H](C)[C@@H](O)[C@H](N)[C@@H]2O)O[C@](O)(C[C@@H](O)C[C@@H](O)[C@H](O)CC[C@@H](O)C[C@@H](O)CC(=O)O[C@@H](C)[C@H](C)[C@H](O)[C@@H](C)/C=C/C#Cc2ccccc2)C[C@@H]1O. The molecule has 0 saturated carbocycles. The molecule has 2 aliphatic rings. The molecular weight excluding hydrogens is 935 g/mol. The van der Waals surface area contributed by atoms with Crippen molar-refractivity contribution in [3.8, 4) is 23.7 Å². The van der Waals surface area contributed by atoms with Gasteiger partial charge in [0.05, 0.1) is 86.7 Å². The Labute approximate surface area is 422 Å². The number of rotatable bonds is 23. The summed E-state index contributed by atoms with van der Waals surface area (Å²) in [6.07, 6.45) is -14.1. The van der Waals surface area contributed by atoms with E-state index in [0.29, 0.717) is 5.56 Å². The summed E-state index contributed by atoms with van der Waals surface area (Å²) in [5.74, 6) is 5.73. The molecule has 2 fully saturated rings. The molecule has 0 spiro atoms. The maximum atomic E-state index is 13.1. The van der Waals surface area contributed by atoms with E-state index in [9.17, 15) is 60.7 Å². The highest BCUT2D eigenvalue weighted by Crippen LogP contribution is 2.38. The molecule has 2 aromatic rings. The van der Waals surface area contributed by atoms with Crippen molar-refractivity contribution in [1.29, 1.82) is 0 Å². The Hall–Kier alpha value is -4.58. The minimum absolute atomic E-state index is 0.110. The number of aliphatic hydroxyl groups is 10. The average Bonchev–Trinajstić information content (AvgIpc) is 3.33. The number of hydrogen-bond acceptors (Lipinski definition) is 18. The van der Waals surface area contributed by atoms with Gasteiger partial charge in [0.2, 0.25) is 0 Å². The van der Waals surface area contributed by atoms with Crippen LogP contribution in [0.15, 0.2) is 85.0 Å². The van der Waals surface area contributed by atoms with Crippen LogP contribution in [-0.2, 0) is 33.3 Å². The summed E-state index contributed by atoms with van der Waals surface area (Å²) in [7, 11) is 1.11. The second-order valence-electron chi connectivity index (χ2n) is 19.0. The van der Waals surface area contributed by atoms with Gasteiger partial charge in [0.15, 0.2) is 12.1 Å². The quantitative estimate of drug-likeness (QED) is 0.0549. The molecule has 0 aromatic heterocycles. The van der Waals surface area contributed by atoms with E-state index in [0.717, 1.165) is 12.7 Å². The third-order valence-electron chi connectivity index (χ3n) is 13.1. The Morgan fingerprint density at radius 3 is 2.01 bits per heavy atom. The number of benzene rings is 2. The molecule has 0 aliphatic carbocycles. The number of ether oxygens (including phenoxy) is 5. The Balaban J connectivity index is 1.29. The lowest BCUT2D eigenvalue weighted by Gasteiger charge is -2.45. The predicted octanol–water partition coefficient (Wildman–Crippen LogP) is 1.11. The van der Waals surface area contributed by atoms with Crippen molar-refractivity contribution >= 4 is 11.9 Å². The molecule has 398 valence electrons. The second-order valence-corrected chi connectivity index (χ2v) is 19.0. The molecule has 2 aromatic carbocycles. The number of carbonyl (C=O) groups excluding carboxylic acids is 2. The van der Waals surface area contributed by atoms with Gasteiger partial charge in [-0.1, -0.05) is 80.0 Å². The first-order valence-electron chi connectivity index (χ1n) is 24.4.